The van der Waals surface area contributed by atoms with Gasteiger partial charge >= 0.3 is 0 Å². The summed E-state index contributed by atoms with van der Waals surface area (Å²) in [5.41, 5.74) is 2.90. The maximum Gasteiger partial charge on any atom is 0.222 e. The van der Waals surface area contributed by atoms with Crippen LogP contribution in [-0.2, 0) is 0 Å². The Labute approximate surface area is 159 Å². The van der Waals surface area contributed by atoms with Crippen LogP contribution in [0.4, 0.5) is 0 Å². The minimum Gasteiger partial charge on any atom is -0.508 e. The van der Waals surface area contributed by atoms with Crippen molar-refractivity contribution in [2.75, 3.05) is 0 Å². The zero-order valence-electron chi connectivity index (χ0n) is 13.7. The van der Waals surface area contributed by atoms with Gasteiger partial charge in [-0.05, 0) is 41.8 Å². The fourth-order valence-corrected chi connectivity index (χ4v) is 4.46. The maximum atomic E-state index is 9.82. The van der Waals surface area contributed by atoms with Crippen LogP contribution < -0.4 is 4.74 Å². The van der Waals surface area contributed by atoms with Gasteiger partial charge in [-0.2, -0.15) is 5.10 Å². The number of hydrogen-bond donors (Lipinski definition) is 1. The predicted molar refractivity (Wildman–Crippen MR) is 103 cm³/mol. The van der Waals surface area contributed by atoms with Crippen molar-refractivity contribution in [3.8, 4) is 11.5 Å². The fraction of sp³-hybridized carbons (Fsp3) is 0.150. The Bertz CT molecular complexity index is 1000. The smallest absolute Gasteiger partial charge is 0.222 e. The average Bonchev–Trinajstić information content (AvgIpc) is 3.31. The first-order chi connectivity index (χ1) is 12.7. The second-order valence-electron chi connectivity index (χ2n) is 6.36. The molecule has 0 unspecified atom stereocenters. The predicted octanol–water partition coefficient (Wildman–Crippen LogP) is 5.35. The van der Waals surface area contributed by atoms with Crippen LogP contribution in [-0.4, -0.2) is 15.8 Å². The molecule has 0 bridgehead atoms. The van der Waals surface area contributed by atoms with E-state index in [1.54, 1.807) is 23.5 Å². The molecule has 0 aliphatic carbocycles. The number of ether oxygens (including phenoxy) is 1. The molecule has 1 aromatic heterocycles. The molecule has 2 aliphatic rings. The minimum atomic E-state index is -0.261. The summed E-state index contributed by atoms with van der Waals surface area (Å²) in [5.74, 6) is 1.09. The first-order valence-corrected chi connectivity index (χ1v) is 9.59. The highest BCUT2D eigenvalue weighted by Gasteiger charge is 2.41. The number of rotatable bonds is 2. The number of fused-ring (bicyclic) bond motifs is 3. The summed E-state index contributed by atoms with van der Waals surface area (Å²) in [6, 6.07) is 17.1. The van der Waals surface area contributed by atoms with E-state index in [1.807, 2.05) is 46.8 Å². The van der Waals surface area contributed by atoms with Crippen molar-refractivity contribution in [3.63, 3.8) is 0 Å². The number of halogens is 1. The van der Waals surface area contributed by atoms with E-state index in [0.29, 0.717) is 5.02 Å². The standard InChI is InChI=1S/C20H15ClN2O2S/c21-13-6-7-18-15(10-13)17-11-16(12-3-1-4-14(24)9-12)22-23(17)20(25-18)19-5-2-8-26-19/h1-10,17,20,24H,11H2/t17-,20-/m0/s1. The highest BCUT2D eigenvalue weighted by Crippen LogP contribution is 2.48. The number of aromatic hydroxyl groups is 1. The molecule has 0 radical (unpaired) electrons. The number of phenols is 1. The molecule has 130 valence electrons. The van der Waals surface area contributed by atoms with Crippen LogP contribution in [0.2, 0.25) is 5.02 Å². The van der Waals surface area contributed by atoms with Crippen molar-refractivity contribution in [2.24, 2.45) is 5.10 Å². The van der Waals surface area contributed by atoms with E-state index < -0.39 is 0 Å². The van der Waals surface area contributed by atoms with Crippen molar-refractivity contribution in [2.45, 2.75) is 18.7 Å². The zero-order chi connectivity index (χ0) is 17.7. The summed E-state index contributed by atoms with van der Waals surface area (Å²) in [6.45, 7) is 0. The molecular weight excluding hydrogens is 368 g/mol. The highest BCUT2D eigenvalue weighted by molar-refractivity contribution is 7.10. The lowest BCUT2D eigenvalue weighted by molar-refractivity contribution is -0.0165. The minimum absolute atomic E-state index is 0.0573. The molecule has 26 heavy (non-hydrogen) atoms. The van der Waals surface area contributed by atoms with Gasteiger partial charge in [0, 0.05) is 22.6 Å². The lowest BCUT2D eigenvalue weighted by atomic mass is 9.96. The third-order valence-electron chi connectivity index (χ3n) is 4.72. The molecule has 0 spiro atoms. The Morgan fingerprint density at radius 2 is 2.08 bits per heavy atom. The van der Waals surface area contributed by atoms with Crippen molar-refractivity contribution >= 4 is 28.6 Å². The van der Waals surface area contributed by atoms with Crippen LogP contribution in [0.25, 0.3) is 0 Å². The van der Waals surface area contributed by atoms with E-state index in [-0.39, 0.29) is 18.0 Å². The Morgan fingerprint density at radius 1 is 1.15 bits per heavy atom. The first-order valence-electron chi connectivity index (χ1n) is 8.34. The third kappa shape index (κ3) is 2.55. The van der Waals surface area contributed by atoms with Crippen molar-refractivity contribution < 1.29 is 9.84 Å². The zero-order valence-corrected chi connectivity index (χ0v) is 15.2. The lowest BCUT2D eigenvalue weighted by Crippen LogP contribution is -2.33. The normalized spacial score (nSPS) is 21.0. The third-order valence-corrected chi connectivity index (χ3v) is 5.86. The van der Waals surface area contributed by atoms with Crippen molar-refractivity contribution in [1.29, 1.82) is 0 Å². The van der Waals surface area contributed by atoms with Crippen LogP contribution in [0, 0.1) is 0 Å². The summed E-state index contributed by atoms with van der Waals surface area (Å²) >= 11 is 7.89. The van der Waals surface area contributed by atoms with Gasteiger partial charge in [0.05, 0.1) is 16.6 Å². The van der Waals surface area contributed by atoms with Gasteiger partial charge in [0.2, 0.25) is 6.23 Å². The Hall–Kier alpha value is -2.50. The first kappa shape index (κ1) is 15.7. The lowest BCUT2D eigenvalue weighted by Gasteiger charge is -2.37. The summed E-state index contributed by atoms with van der Waals surface area (Å²) < 4.78 is 6.27. The van der Waals surface area contributed by atoms with E-state index in [4.69, 9.17) is 21.4 Å². The van der Waals surface area contributed by atoms with Crippen LogP contribution in [0.1, 0.15) is 34.7 Å². The Balaban J connectivity index is 1.61. The molecule has 2 atom stereocenters. The molecule has 0 amide bonds. The van der Waals surface area contributed by atoms with Gasteiger partial charge in [-0.1, -0.05) is 29.8 Å². The second kappa shape index (κ2) is 6.04. The van der Waals surface area contributed by atoms with Gasteiger partial charge in [0.1, 0.15) is 11.5 Å². The van der Waals surface area contributed by atoms with Gasteiger partial charge in [0.15, 0.2) is 0 Å². The van der Waals surface area contributed by atoms with E-state index in [0.717, 1.165) is 33.9 Å². The summed E-state index contributed by atoms with van der Waals surface area (Å²) in [7, 11) is 0. The second-order valence-corrected chi connectivity index (χ2v) is 7.78. The maximum absolute atomic E-state index is 9.82. The van der Waals surface area contributed by atoms with Crippen LogP contribution in [0.15, 0.2) is 65.1 Å². The molecule has 4 nitrogen and oxygen atoms in total. The SMILES string of the molecule is Oc1cccc(C2=NN3[C@@H](C2)c2cc(Cl)ccc2O[C@H]3c2cccs2)c1. The molecule has 3 aromatic rings. The number of nitrogens with zero attached hydrogens (tertiary/aromatic N) is 2. The Morgan fingerprint density at radius 3 is 2.88 bits per heavy atom. The number of hydrogen-bond acceptors (Lipinski definition) is 5. The van der Waals surface area contributed by atoms with Crippen LogP contribution >= 0.6 is 22.9 Å². The summed E-state index contributed by atoms with van der Waals surface area (Å²) in [5, 5.41) is 19.4. The molecule has 2 aromatic carbocycles. The molecule has 3 heterocycles. The van der Waals surface area contributed by atoms with Crippen LogP contribution in [0.3, 0.4) is 0 Å². The largest absolute Gasteiger partial charge is 0.508 e. The van der Waals surface area contributed by atoms with Crippen molar-refractivity contribution in [1.82, 2.24) is 5.01 Å². The van der Waals surface area contributed by atoms with Gasteiger partial charge in [0.25, 0.3) is 0 Å². The summed E-state index contributed by atoms with van der Waals surface area (Å²) in [4.78, 5) is 1.11. The van der Waals surface area contributed by atoms with Gasteiger partial charge in [-0.25, -0.2) is 5.01 Å². The van der Waals surface area contributed by atoms with Gasteiger partial charge < -0.3 is 9.84 Å². The molecule has 2 aliphatic heterocycles. The summed E-state index contributed by atoms with van der Waals surface area (Å²) in [6.07, 6.45) is 0.477. The molecule has 6 heteroatoms. The van der Waals surface area contributed by atoms with E-state index >= 15 is 0 Å². The number of thiophene rings is 1. The molecule has 0 saturated carbocycles. The van der Waals surface area contributed by atoms with Gasteiger partial charge in [-0.3, -0.25) is 0 Å². The molecular formula is C20H15ClN2O2S. The van der Waals surface area contributed by atoms with Crippen LogP contribution in [0.5, 0.6) is 11.5 Å². The fourth-order valence-electron chi connectivity index (χ4n) is 3.54. The monoisotopic (exact) mass is 382 g/mol. The van der Waals surface area contributed by atoms with E-state index in [1.165, 1.54) is 0 Å². The quantitative estimate of drug-likeness (QED) is 0.649. The molecule has 5 rings (SSSR count). The number of phenolic OH excluding ortho intramolecular Hbond substituents is 1. The topological polar surface area (TPSA) is 45.1 Å². The van der Waals surface area contributed by atoms with E-state index in [9.17, 15) is 5.11 Å². The van der Waals surface area contributed by atoms with Gasteiger partial charge in [-0.15, -0.1) is 11.3 Å². The highest BCUT2D eigenvalue weighted by atomic mass is 35.5. The van der Waals surface area contributed by atoms with E-state index in [2.05, 4.69) is 6.07 Å². The average molecular weight is 383 g/mol. The Kier molecular flexibility index (Phi) is 3.65. The molecule has 0 saturated heterocycles. The number of hydrazone groups is 1. The number of benzene rings is 2. The molecule has 0 fully saturated rings. The van der Waals surface area contributed by atoms with Crippen molar-refractivity contribution in [3.05, 3.63) is 81.0 Å². The molecule has 1 N–H and O–H groups in total.